The smallest absolute Gasteiger partial charge is 0.253 e. The number of carbonyl (C=O) groups is 1. The van der Waals surface area contributed by atoms with E-state index in [1.807, 2.05) is 47.9 Å². The fraction of sp³-hybridized carbons (Fsp3) is 0.650. The molecule has 1 amide bonds. The summed E-state index contributed by atoms with van der Waals surface area (Å²) in [7, 11) is 0. The van der Waals surface area contributed by atoms with Crippen molar-refractivity contribution in [3.63, 3.8) is 0 Å². The Balaban J connectivity index is 1.76. The third kappa shape index (κ3) is 6.14. The van der Waals surface area contributed by atoms with Gasteiger partial charge in [-0.2, -0.15) is 11.8 Å². The van der Waals surface area contributed by atoms with Crippen molar-refractivity contribution in [2.45, 2.75) is 64.3 Å². The summed E-state index contributed by atoms with van der Waals surface area (Å²) in [5.41, 5.74) is 2.00. The Hall–Kier alpha value is -1.00. The molecule has 0 unspecified atom stereocenters. The van der Waals surface area contributed by atoms with Crippen LogP contribution in [0.3, 0.4) is 0 Å². The molecule has 1 heterocycles. The highest BCUT2D eigenvalue weighted by Crippen LogP contribution is 2.24. The number of amides is 1. The summed E-state index contributed by atoms with van der Waals surface area (Å²) >= 11 is 2.01. The van der Waals surface area contributed by atoms with Crippen molar-refractivity contribution in [3.05, 3.63) is 35.4 Å². The fourth-order valence-electron chi connectivity index (χ4n) is 2.95. The van der Waals surface area contributed by atoms with Crippen molar-refractivity contribution in [3.8, 4) is 0 Å². The van der Waals surface area contributed by atoms with Crippen LogP contribution in [0.1, 0.15) is 56.5 Å². The largest absolute Gasteiger partial charge is 0.339 e. The van der Waals surface area contributed by atoms with E-state index in [-0.39, 0.29) is 5.91 Å². The number of hydrogen-bond acceptors (Lipinski definition) is 3. The molecule has 0 spiro atoms. The predicted molar refractivity (Wildman–Crippen MR) is 105 cm³/mol. The van der Waals surface area contributed by atoms with Crippen LogP contribution in [0.2, 0.25) is 0 Å². The van der Waals surface area contributed by atoms with Crippen molar-refractivity contribution in [2.24, 2.45) is 0 Å². The summed E-state index contributed by atoms with van der Waals surface area (Å²) in [5, 5.41) is 3.74. The van der Waals surface area contributed by atoms with Gasteiger partial charge in [-0.25, -0.2) is 0 Å². The zero-order valence-electron chi connectivity index (χ0n) is 15.8. The fourth-order valence-corrected chi connectivity index (χ4v) is 3.80. The van der Waals surface area contributed by atoms with Crippen molar-refractivity contribution in [1.29, 1.82) is 0 Å². The lowest BCUT2D eigenvalue weighted by Gasteiger charge is -2.34. The second-order valence-electron chi connectivity index (χ2n) is 7.92. The number of benzene rings is 1. The lowest BCUT2D eigenvalue weighted by atomic mass is 10.0. The molecule has 0 aromatic heterocycles. The number of aryl methyl sites for hydroxylation is 1. The van der Waals surface area contributed by atoms with Crippen molar-refractivity contribution < 1.29 is 4.79 Å². The maximum Gasteiger partial charge on any atom is 0.253 e. The Labute approximate surface area is 151 Å². The van der Waals surface area contributed by atoms with E-state index in [1.165, 1.54) is 5.56 Å². The molecule has 1 aliphatic heterocycles. The van der Waals surface area contributed by atoms with E-state index in [0.717, 1.165) is 37.2 Å². The summed E-state index contributed by atoms with van der Waals surface area (Å²) in [4.78, 5) is 14.6. The maximum atomic E-state index is 12.6. The molecule has 3 nitrogen and oxygen atoms in total. The molecule has 24 heavy (non-hydrogen) atoms. The Bertz CT molecular complexity index is 528. The third-order valence-electron chi connectivity index (χ3n) is 4.37. The predicted octanol–water partition coefficient (Wildman–Crippen LogP) is 4.11. The average molecular weight is 349 g/mol. The number of carbonyl (C=O) groups excluding carboxylic acids is 1. The van der Waals surface area contributed by atoms with E-state index in [9.17, 15) is 4.79 Å². The normalized spacial score (nSPS) is 17.8. The summed E-state index contributed by atoms with van der Waals surface area (Å²) in [6, 6.07) is 8.94. The molecule has 4 heteroatoms. The van der Waals surface area contributed by atoms with Crippen LogP contribution in [0.4, 0.5) is 0 Å². The molecule has 0 radical (unpaired) electrons. The third-order valence-corrected chi connectivity index (χ3v) is 5.90. The molecule has 2 rings (SSSR count). The minimum absolute atomic E-state index is 0.171. The molecule has 1 aliphatic rings. The quantitative estimate of drug-likeness (QED) is 0.869. The lowest BCUT2D eigenvalue weighted by Crippen LogP contribution is -2.47. The minimum Gasteiger partial charge on any atom is -0.339 e. The number of thioether (sulfide) groups is 1. The Kier molecular flexibility index (Phi) is 6.76. The first kappa shape index (κ1) is 19.3. The van der Waals surface area contributed by atoms with E-state index in [4.69, 9.17) is 0 Å². The van der Waals surface area contributed by atoms with E-state index in [2.05, 4.69) is 33.0 Å². The molecular weight excluding hydrogens is 316 g/mol. The summed E-state index contributed by atoms with van der Waals surface area (Å²) in [5.74, 6) is 1.30. The SMILES string of the molecule is Cc1ccc(C(=O)N2CCC(N[C@H](C)CSC(C)(C)C)CC2)cc1. The van der Waals surface area contributed by atoms with Gasteiger partial charge in [0.2, 0.25) is 0 Å². The monoisotopic (exact) mass is 348 g/mol. The Morgan fingerprint density at radius 1 is 1.25 bits per heavy atom. The molecule has 1 saturated heterocycles. The van der Waals surface area contributed by atoms with Gasteiger partial charge in [-0.1, -0.05) is 38.5 Å². The first-order valence-electron chi connectivity index (χ1n) is 9.00. The molecule has 0 aliphatic carbocycles. The van der Waals surface area contributed by atoms with Gasteiger partial charge >= 0.3 is 0 Å². The molecule has 1 fully saturated rings. The van der Waals surface area contributed by atoms with E-state index < -0.39 is 0 Å². The van der Waals surface area contributed by atoms with Crippen LogP contribution in [0, 0.1) is 6.92 Å². The van der Waals surface area contributed by atoms with Crippen LogP contribution >= 0.6 is 11.8 Å². The molecule has 0 bridgehead atoms. The molecule has 1 aromatic carbocycles. The van der Waals surface area contributed by atoms with Gasteiger partial charge in [0.1, 0.15) is 0 Å². The number of nitrogens with zero attached hydrogens (tertiary/aromatic N) is 1. The van der Waals surface area contributed by atoms with Gasteiger partial charge in [-0.15, -0.1) is 0 Å². The van der Waals surface area contributed by atoms with Crippen LogP contribution in [-0.2, 0) is 0 Å². The Morgan fingerprint density at radius 3 is 2.38 bits per heavy atom. The van der Waals surface area contributed by atoms with Crippen LogP contribution in [0.15, 0.2) is 24.3 Å². The number of likely N-dealkylation sites (tertiary alicyclic amines) is 1. The van der Waals surface area contributed by atoms with Gasteiger partial charge in [-0.05, 0) is 38.8 Å². The number of nitrogens with one attached hydrogen (secondary N) is 1. The molecular formula is C20H32N2OS. The second-order valence-corrected chi connectivity index (χ2v) is 9.77. The van der Waals surface area contributed by atoms with Gasteiger partial charge < -0.3 is 10.2 Å². The number of hydrogen-bond donors (Lipinski definition) is 1. The van der Waals surface area contributed by atoms with Gasteiger partial charge in [0.05, 0.1) is 0 Å². The van der Waals surface area contributed by atoms with Gasteiger partial charge in [0.15, 0.2) is 0 Å². The lowest BCUT2D eigenvalue weighted by molar-refractivity contribution is 0.0703. The van der Waals surface area contributed by atoms with E-state index >= 15 is 0 Å². The van der Waals surface area contributed by atoms with Gasteiger partial charge in [-0.3, -0.25) is 4.79 Å². The second kappa shape index (κ2) is 8.39. The van der Waals surface area contributed by atoms with Gasteiger partial charge in [0, 0.05) is 41.2 Å². The van der Waals surface area contributed by atoms with Crippen LogP contribution < -0.4 is 5.32 Å². The number of rotatable bonds is 5. The Morgan fingerprint density at radius 2 is 1.83 bits per heavy atom. The van der Waals surface area contributed by atoms with Crippen LogP contribution in [0.5, 0.6) is 0 Å². The molecule has 1 aromatic rings. The molecule has 134 valence electrons. The van der Waals surface area contributed by atoms with Crippen molar-refractivity contribution >= 4 is 17.7 Å². The first-order valence-corrected chi connectivity index (χ1v) is 9.99. The van der Waals surface area contributed by atoms with Gasteiger partial charge in [0.25, 0.3) is 5.91 Å². The summed E-state index contributed by atoms with van der Waals surface area (Å²) in [6.45, 7) is 12.8. The average Bonchev–Trinajstić information content (AvgIpc) is 2.53. The van der Waals surface area contributed by atoms with Crippen molar-refractivity contribution in [1.82, 2.24) is 10.2 Å². The summed E-state index contributed by atoms with van der Waals surface area (Å²) in [6.07, 6.45) is 2.09. The zero-order chi connectivity index (χ0) is 17.7. The topological polar surface area (TPSA) is 32.3 Å². The highest BCUT2D eigenvalue weighted by atomic mass is 32.2. The summed E-state index contributed by atoms with van der Waals surface area (Å²) < 4.78 is 0.319. The molecule has 1 atom stereocenters. The standard InChI is InChI=1S/C20H32N2OS/c1-15-6-8-17(9-7-15)19(23)22-12-10-18(11-13-22)21-16(2)14-24-20(3,4)5/h6-9,16,18,21H,10-14H2,1-5H3/t16-/m1/s1. The molecule has 1 N–H and O–H groups in total. The maximum absolute atomic E-state index is 12.6. The highest BCUT2D eigenvalue weighted by Gasteiger charge is 2.24. The first-order chi connectivity index (χ1) is 11.2. The van der Waals surface area contributed by atoms with E-state index in [0.29, 0.717) is 16.8 Å². The highest BCUT2D eigenvalue weighted by molar-refractivity contribution is 8.00. The minimum atomic E-state index is 0.171. The van der Waals surface area contributed by atoms with Crippen LogP contribution in [0.25, 0.3) is 0 Å². The molecule has 0 saturated carbocycles. The van der Waals surface area contributed by atoms with Crippen LogP contribution in [-0.4, -0.2) is 46.5 Å². The van der Waals surface area contributed by atoms with Crippen molar-refractivity contribution in [2.75, 3.05) is 18.8 Å². The van der Waals surface area contributed by atoms with E-state index in [1.54, 1.807) is 0 Å². The number of piperidine rings is 1. The zero-order valence-corrected chi connectivity index (χ0v) is 16.6.